The molecule has 2 nitrogen and oxygen atoms in total. The van der Waals surface area contributed by atoms with Crippen molar-refractivity contribution in [1.82, 2.24) is 0 Å². The van der Waals surface area contributed by atoms with Gasteiger partial charge in [-0.1, -0.05) is 48.5 Å². The molecule has 84 valence electrons. The Hall–Kier alpha value is -1.61. The van der Waals surface area contributed by atoms with E-state index in [1.807, 2.05) is 36.4 Å². The van der Waals surface area contributed by atoms with Crippen LogP contribution in [0.5, 0.6) is 0 Å². The van der Waals surface area contributed by atoms with Crippen LogP contribution in [0.15, 0.2) is 66.7 Å². The average Bonchev–Trinajstić information content (AvgIpc) is 2.40. The van der Waals surface area contributed by atoms with Crippen molar-refractivity contribution in [2.75, 3.05) is 0 Å². The van der Waals surface area contributed by atoms with Crippen LogP contribution in [0.3, 0.4) is 0 Å². The molecule has 3 heteroatoms. The number of ketones is 1. The molecule has 18 heavy (non-hydrogen) atoms. The molecule has 0 aliphatic rings. The first-order chi connectivity index (χ1) is 8.27. The van der Waals surface area contributed by atoms with Crippen LogP contribution in [0, 0.1) is 0 Å². The van der Waals surface area contributed by atoms with Crippen molar-refractivity contribution < 1.29 is 32.3 Å². The quantitative estimate of drug-likeness (QED) is 0.305. The van der Waals surface area contributed by atoms with Gasteiger partial charge in [0.2, 0.25) is 0 Å². The zero-order chi connectivity index (χ0) is 12.1. The van der Waals surface area contributed by atoms with Gasteiger partial charge in [-0.05, 0) is 12.1 Å². The van der Waals surface area contributed by atoms with Crippen molar-refractivity contribution in [3.8, 4) is 0 Å². The topological polar surface area (TPSA) is 41.6 Å². The molecule has 2 N–H and O–H groups in total. The molecule has 0 saturated carbocycles. The number of aliphatic hydroxyl groups excluding tert-OH is 1. The summed E-state index contributed by atoms with van der Waals surface area (Å²) in [7, 11) is 0. The minimum absolute atomic E-state index is 0. The maximum absolute atomic E-state index is 9.83. The van der Waals surface area contributed by atoms with Gasteiger partial charge < -0.3 is 5.11 Å². The van der Waals surface area contributed by atoms with Crippen molar-refractivity contribution in [1.29, 1.82) is 0 Å². The van der Waals surface area contributed by atoms with E-state index in [9.17, 15) is 9.90 Å². The Kier molecular flexibility index (Phi) is 5.59. The largest absolute Gasteiger partial charge is 5.00 e. The van der Waals surface area contributed by atoms with Gasteiger partial charge in [-0.15, -0.1) is 0 Å². The SMILES string of the molecule is O/C(=C\C(=[OH+])c1ccccc1)c1ccccc1.[Nb+5]. The van der Waals surface area contributed by atoms with Gasteiger partial charge in [-0.2, -0.15) is 0 Å². The maximum atomic E-state index is 9.83. The summed E-state index contributed by atoms with van der Waals surface area (Å²) < 4.78 is 0. The van der Waals surface area contributed by atoms with Crippen LogP contribution in [0.1, 0.15) is 11.1 Å². The molecular formula is C15H13NbO2+6. The van der Waals surface area contributed by atoms with Crippen LogP contribution in [0.25, 0.3) is 5.76 Å². The number of aliphatic hydroxyl groups is 1. The number of carbonyl (C=O) groups excluding carboxylic acids is 1. The van der Waals surface area contributed by atoms with E-state index >= 15 is 0 Å². The first-order valence-electron chi connectivity index (χ1n) is 5.35. The Labute approximate surface area is 121 Å². The van der Waals surface area contributed by atoms with Crippen LogP contribution in [-0.2, 0) is 22.4 Å². The third kappa shape index (κ3) is 3.70. The molecule has 0 aliphatic carbocycles. The molecule has 0 radical (unpaired) electrons. The second-order valence-electron chi connectivity index (χ2n) is 3.65. The monoisotopic (exact) mass is 318 g/mol. The number of allylic oxidation sites excluding steroid dienone is 1. The Morgan fingerprint density at radius 1 is 0.833 bits per heavy atom. The second-order valence-corrected chi connectivity index (χ2v) is 3.65. The Morgan fingerprint density at radius 3 is 1.78 bits per heavy atom. The fourth-order valence-electron chi connectivity index (χ4n) is 1.51. The van der Waals surface area contributed by atoms with Gasteiger partial charge in [0.15, 0.2) is 0 Å². The summed E-state index contributed by atoms with van der Waals surface area (Å²) in [5.41, 5.74) is 1.35. The maximum Gasteiger partial charge on any atom is 5.00 e. The molecule has 0 spiro atoms. The third-order valence-electron chi connectivity index (χ3n) is 2.41. The molecule has 0 fully saturated rings. The number of hydrogen-bond donors (Lipinski definition) is 1. The second kappa shape index (κ2) is 6.97. The van der Waals surface area contributed by atoms with E-state index in [-0.39, 0.29) is 33.9 Å². The first kappa shape index (κ1) is 14.5. The molecule has 0 heterocycles. The van der Waals surface area contributed by atoms with Crippen LogP contribution in [0.4, 0.5) is 0 Å². The molecule has 0 aromatic heterocycles. The van der Waals surface area contributed by atoms with Crippen molar-refractivity contribution >= 4 is 11.5 Å². The summed E-state index contributed by atoms with van der Waals surface area (Å²) in [5, 5.41) is 9.83. The normalized spacial score (nSPS) is 10.6. The summed E-state index contributed by atoms with van der Waals surface area (Å²) in [5.74, 6) is 0.0962. The van der Waals surface area contributed by atoms with E-state index in [4.69, 9.17) is 0 Å². The van der Waals surface area contributed by atoms with E-state index < -0.39 is 0 Å². The third-order valence-corrected chi connectivity index (χ3v) is 2.41. The van der Waals surface area contributed by atoms with E-state index in [0.717, 1.165) is 0 Å². The predicted octanol–water partition coefficient (Wildman–Crippen LogP) is 3.18. The zero-order valence-corrected chi connectivity index (χ0v) is 11.9. The minimum Gasteiger partial charge on any atom is -0.507 e. The fourth-order valence-corrected chi connectivity index (χ4v) is 1.51. The molecule has 0 amide bonds. The smallest absolute Gasteiger partial charge is 0.507 e. The molecule has 2 rings (SSSR count). The van der Waals surface area contributed by atoms with Gasteiger partial charge in [0, 0.05) is 5.56 Å². The van der Waals surface area contributed by atoms with Crippen molar-refractivity contribution in [2.45, 2.75) is 0 Å². The molecule has 2 aromatic carbocycles. The van der Waals surface area contributed by atoms with Crippen LogP contribution < -0.4 is 0 Å². The molecule has 0 atom stereocenters. The Bertz CT molecular complexity index is 533. The summed E-state index contributed by atoms with van der Waals surface area (Å²) >= 11 is 0. The molecule has 0 bridgehead atoms. The van der Waals surface area contributed by atoms with Gasteiger partial charge in [0.05, 0.1) is 11.6 Å². The van der Waals surface area contributed by atoms with E-state index in [2.05, 4.69) is 0 Å². The summed E-state index contributed by atoms with van der Waals surface area (Å²) in [6.07, 6.45) is 1.35. The minimum atomic E-state index is 0. The summed E-state index contributed by atoms with van der Waals surface area (Å²) in [4.78, 5) is 9.83. The number of hydrogen-bond acceptors (Lipinski definition) is 1. The predicted molar refractivity (Wildman–Crippen MR) is 69.5 cm³/mol. The van der Waals surface area contributed by atoms with Gasteiger partial charge in [-0.3, -0.25) is 4.79 Å². The van der Waals surface area contributed by atoms with E-state index in [0.29, 0.717) is 11.1 Å². The van der Waals surface area contributed by atoms with Gasteiger partial charge >= 0.3 is 28.2 Å². The van der Waals surface area contributed by atoms with Gasteiger partial charge in [0.1, 0.15) is 5.76 Å². The molecule has 0 unspecified atom stereocenters. The first-order valence-corrected chi connectivity index (χ1v) is 5.35. The van der Waals surface area contributed by atoms with Gasteiger partial charge in [-0.25, -0.2) is 0 Å². The van der Waals surface area contributed by atoms with Crippen molar-refractivity contribution in [2.24, 2.45) is 0 Å². The standard InChI is InChI=1S/C15H12O2.Nb/c16-14(12-7-3-1-4-8-12)11-15(17)13-9-5-2-6-10-13;/h1-11,16H;/q;+5/p+1/b14-11-;. The summed E-state index contributed by atoms with van der Waals surface area (Å²) in [6, 6.07) is 18.2. The number of rotatable bonds is 3. The average molecular weight is 318 g/mol. The van der Waals surface area contributed by atoms with Crippen molar-refractivity contribution in [3.63, 3.8) is 0 Å². The molecular weight excluding hydrogens is 305 g/mol. The fraction of sp³-hybridized carbons (Fsp3) is 0. The number of benzene rings is 2. The van der Waals surface area contributed by atoms with E-state index in [1.165, 1.54) is 6.08 Å². The van der Waals surface area contributed by atoms with E-state index in [1.54, 1.807) is 24.3 Å². The Morgan fingerprint density at radius 2 is 1.28 bits per heavy atom. The molecule has 2 aromatic rings. The Balaban J connectivity index is 0.00000162. The van der Waals surface area contributed by atoms with Crippen LogP contribution in [-0.4, -0.2) is 15.7 Å². The molecule has 0 aliphatic heterocycles. The molecule has 0 saturated heterocycles. The summed E-state index contributed by atoms with van der Waals surface area (Å²) in [6.45, 7) is 0. The van der Waals surface area contributed by atoms with Crippen LogP contribution >= 0.6 is 0 Å². The van der Waals surface area contributed by atoms with Gasteiger partial charge in [0.25, 0.3) is 0 Å². The van der Waals surface area contributed by atoms with Crippen molar-refractivity contribution in [3.05, 3.63) is 77.9 Å². The van der Waals surface area contributed by atoms with Crippen LogP contribution in [0.2, 0.25) is 0 Å². The zero-order valence-electron chi connectivity index (χ0n) is 9.69.